The molecule has 2 aromatic rings. The molecule has 0 heterocycles. The zero-order valence-corrected chi connectivity index (χ0v) is 11.8. The van der Waals surface area contributed by atoms with Gasteiger partial charge in [-0.1, -0.05) is 35.5 Å². The van der Waals surface area contributed by atoms with Gasteiger partial charge in [-0.25, -0.2) is 22.0 Å². The third-order valence-electron chi connectivity index (χ3n) is 3.06. The lowest BCUT2D eigenvalue weighted by molar-refractivity contribution is 0.124. The van der Waals surface area contributed by atoms with Gasteiger partial charge in [0, 0.05) is 6.21 Å². The first kappa shape index (κ1) is 16.9. The highest BCUT2D eigenvalue weighted by molar-refractivity contribution is 5.56. The summed E-state index contributed by atoms with van der Waals surface area (Å²) in [5.74, 6) is -10.0. The van der Waals surface area contributed by atoms with E-state index in [-0.39, 0.29) is 0 Å². The van der Waals surface area contributed by atoms with Crippen molar-refractivity contribution in [3.05, 3.63) is 70.5 Å². The van der Waals surface area contributed by atoms with Gasteiger partial charge in [-0.15, -0.1) is 0 Å². The zero-order chi connectivity index (χ0) is 16.8. The van der Waals surface area contributed by atoms with Crippen LogP contribution in [0.15, 0.2) is 35.5 Å². The summed E-state index contributed by atoms with van der Waals surface area (Å²) in [5.41, 5.74) is 0.0142. The second kappa shape index (κ2) is 7.71. The van der Waals surface area contributed by atoms with E-state index in [0.29, 0.717) is 12.8 Å². The quantitative estimate of drug-likeness (QED) is 0.251. The lowest BCUT2D eigenvalue weighted by Crippen LogP contribution is -2.07. The van der Waals surface area contributed by atoms with Gasteiger partial charge in [0.1, 0.15) is 6.61 Å². The Morgan fingerprint density at radius 3 is 2.00 bits per heavy atom. The number of nitrogens with zero attached hydrogens (tertiary/aromatic N) is 1. The van der Waals surface area contributed by atoms with Crippen molar-refractivity contribution in [1.82, 2.24) is 0 Å². The minimum absolute atomic E-state index is 0.501. The number of aryl methyl sites for hydroxylation is 1. The molecule has 0 N–H and O–H groups in total. The Morgan fingerprint density at radius 1 is 0.826 bits per heavy atom. The first-order valence-corrected chi connectivity index (χ1v) is 6.70. The van der Waals surface area contributed by atoms with Crippen molar-refractivity contribution in [1.29, 1.82) is 0 Å². The Kier molecular flexibility index (Phi) is 5.67. The van der Waals surface area contributed by atoms with E-state index in [1.54, 1.807) is 0 Å². The molecule has 23 heavy (non-hydrogen) atoms. The average Bonchev–Trinajstić information content (AvgIpc) is 2.58. The minimum Gasteiger partial charge on any atom is -0.391 e. The molecule has 0 saturated heterocycles. The smallest absolute Gasteiger partial charge is 0.200 e. The summed E-state index contributed by atoms with van der Waals surface area (Å²) in [6, 6.07) is 9.48. The molecule has 2 aromatic carbocycles. The molecule has 0 radical (unpaired) electrons. The molecular formula is C16H12F5NO. The van der Waals surface area contributed by atoms with Crippen molar-refractivity contribution in [2.45, 2.75) is 19.4 Å². The first-order chi connectivity index (χ1) is 11.0. The molecule has 7 heteroatoms. The van der Waals surface area contributed by atoms with E-state index in [1.807, 2.05) is 30.3 Å². The fraction of sp³-hybridized carbons (Fsp3) is 0.188. The number of hydrogen-bond donors (Lipinski definition) is 0. The van der Waals surface area contributed by atoms with Gasteiger partial charge in [0.25, 0.3) is 0 Å². The molecule has 2 rings (SSSR count). The van der Waals surface area contributed by atoms with Crippen molar-refractivity contribution in [3.8, 4) is 0 Å². The lowest BCUT2D eigenvalue weighted by atomic mass is 10.1. The van der Waals surface area contributed by atoms with Gasteiger partial charge in [0.2, 0.25) is 5.82 Å². The Hall–Kier alpha value is -2.44. The Bertz CT molecular complexity index is 674. The summed E-state index contributed by atoms with van der Waals surface area (Å²) >= 11 is 0. The molecule has 0 aliphatic rings. The molecular weight excluding hydrogens is 317 g/mol. The maximum atomic E-state index is 13.3. The van der Waals surface area contributed by atoms with E-state index in [9.17, 15) is 22.0 Å². The molecule has 0 fully saturated rings. The van der Waals surface area contributed by atoms with Gasteiger partial charge in [-0.05, 0) is 18.4 Å². The van der Waals surface area contributed by atoms with Crippen LogP contribution in [0.1, 0.15) is 17.5 Å². The van der Waals surface area contributed by atoms with Gasteiger partial charge in [-0.3, -0.25) is 0 Å². The van der Waals surface area contributed by atoms with Crippen LogP contribution in [0.25, 0.3) is 0 Å². The molecule has 0 unspecified atom stereocenters. The molecule has 0 aromatic heterocycles. The number of hydrogen-bond acceptors (Lipinski definition) is 2. The molecule has 0 aliphatic carbocycles. The van der Waals surface area contributed by atoms with Crippen LogP contribution in [0.4, 0.5) is 22.0 Å². The standard InChI is InChI=1S/C16H12F5NO/c17-12-11(13(18)15(20)16(21)14(12)19)9-23-22-8-4-7-10-5-2-1-3-6-10/h1-3,5-6,8H,4,7,9H2/b22-8-. The van der Waals surface area contributed by atoms with E-state index in [2.05, 4.69) is 9.99 Å². The van der Waals surface area contributed by atoms with Crippen molar-refractivity contribution in [2.75, 3.05) is 0 Å². The molecule has 0 atom stereocenters. The van der Waals surface area contributed by atoms with Gasteiger partial charge >= 0.3 is 0 Å². The summed E-state index contributed by atoms with van der Waals surface area (Å²) in [6.45, 7) is -0.854. The van der Waals surface area contributed by atoms with Gasteiger partial charge < -0.3 is 4.84 Å². The number of rotatable bonds is 6. The van der Waals surface area contributed by atoms with Gasteiger partial charge in [0.05, 0.1) is 5.56 Å². The largest absolute Gasteiger partial charge is 0.391 e. The summed E-state index contributed by atoms with van der Waals surface area (Å²) in [4.78, 5) is 4.60. The molecule has 0 bridgehead atoms. The van der Waals surface area contributed by atoms with E-state index >= 15 is 0 Å². The molecule has 0 amide bonds. The Labute approximate surface area is 129 Å². The van der Waals surface area contributed by atoms with E-state index in [4.69, 9.17) is 0 Å². The summed E-state index contributed by atoms with van der Waals surface area (Å²) < 4.78 is 65.5. The number of halogens is 5. The normalized spacial score (nSPS) is 11.2. The SMILES string of the molecule is Fc1c(F)c(F)c(CO/N=C\CCc2ccccc2)c(F)c1F. The molecule has 0 aliphatic heterocycles. The van der Waals surface area contributed by atoms with E-state index in [0.717, 1.165) is 5.56 Å². The molecule has 0 spiro atoms. The predicted molar refractivity (Wildman–Crippen MR) is 74.3 cm³/mol. The van der Waals surface area contributed by atoms with Crippen LogP contribution in [-0.4, -0.2) is 6.21 Å². The second-order valence-electron chi connectivity index (χ2n) is 4.63. The van der Waals surface area contributed by atoms with E-state index < -0.39 is 41.3 Å². The highest BCUT2D eigenvalue weighted by Crippen LogP contribution is 2.23. The highest BCUT2D eigenvalue weighted by atomic mass is 19.2. The Balaban J connectivity index is 1.90. The lowest BCUT2D eigenvalue weighted by Gasteiger charge is -2.06. The molecule has 2 nitrogen and oxygen atoms in total. The minimum atomic E-state index is -2.20. The van der Waals surface area contributed by atoms with Crippen LogP contribution in [0, 0.1) is 29.1 Å². The van der Waals surface area contributed by atoms with Gasteiger partial charge in [0.15, 0.2) is 23.3 Å². The fourth-order valence-electron chi connectivity index (χ4n) is 1.86. The van der Waals surface area contributed by atoms with Crippen LogP contribution >= 0.6 is 0 Å². The number of oxime groups is 1. The van der Waals surface area contributed by atoms with Crippen LogP contribution in [0.3, 0.4) is 0 Å². The topological polar surface area (TPSA) is 21.6 Å². The maximum absolute atomic E-state index is 13.3. The third kappa shape index (κ3) is 4.06. The fourth-order valence-corrected chi connectivity index (χ4v) is 1.86. The number of benzene rings is 2. The Morgan fingerprint density at radius 2 is 1.39 bits per heavy atom. The molecule has 0 saturated carbocycles. The van der Waals surface area contributed by atoms with Gasteiger partial charge in [-0.2, -0.15) is 0 Å². The van der Waals surface area contributed by atoms with Crippen molar-refractivity contribution in [3.63, 3.8) is 0 Å². The predicted octanol–water partition coefficient (Wildman–Crippen LogP) is 4.52. The monoisotopic (exact) mass is 329 g/mol. The zero-order valence-electron chi connectivity index (χ0n) is 11.8. The summed E-state index contributed by atoms with van der Waals surface area (Å²) in [6.07, 6.45) is 2.54. The molecule has 122 valence electrons. The van der Waals surface area contributed by atoms with Crippen LogP contribution in [0.2, 0.25) is 0 Å². The van der Waals surface area contributed by atoms with Crippen LogP contribution in [-0.2, 0) is 17.9 Å². The summed E-state index contributed by atoms with van der Waals surface area (Å²) in [5, 5.41) is 3.45. The third-order valence-corrected chi connectivity index (χ3v) is 3.06. The van der Waals surface area contributed by atoms with Crippen LogP contribution < -0.4 is 0 Å². The maximum Gasteiger partial charge on any atom is 0.200 e. The average molecular weight is 329 g/mol. The first-order valence-electron chi connectivity index (χ1n) is 6.70. The van der Waals surface area contributed by atoms with Crippen molar-refractivity contribution in [2.24, 2.45) is 5.16 Å². The second-order valence-corrected chi connectivity index (χ2v) is 4.63. The van der Waals surface area contributed by atoms with Crippen molar-refractivity contribution < 1.29 is 26.8 Å². The van der Waals surface area contributed by atoms with Crippen LogP contribution in [0.5, 0.6) is 0 Å². The highest BCUT2D eigenvalue weighted by Gasteiger charge is 2.25. The van der Waals surface area contributed by atoms with E-state index in [1.165, 1.54) is 6.21 Å². The summed E-state index contributed by atoms with van der Waals surface area (Å²) in [7, 11) is 0. The van der Waals surface area contributed by atoms with Crippen molar-refractivity contribution >= 4 is 6.21 Å².